The molecule has 1 unspecified atom stereocenters. The Morgan fingerprint density at radius 2 is 1.81 bits per heavy atom. The summed E-state index contributed by atoms with van der Waals surface area (Å²) in [4.78, 5) is 74.5. The molecule has 2 saturated heterocycles. The van der Waals surface area contributed by atoms with E-state index >= 15 is 4.39 Å². The lowest BCUT2D eigenvalue weighted by Gasteiger charge is -2.36. The van der Waals surface area contributed by atoms with E-state index in [1.54, 1.807) is 17.9 Å². The number of H-pyrrole nitrogens is 1. The minimum absolute atomic E-state index is 0.0705. The van der Waals surface area contributed by atoms with Gasteiger partial charge in [0, 0.05) is 73.3 Å². The zero-order valence-electron chi connectivity index (χ0n) is 35.3. The summed E-state index contributed by atoms with van der Waals surface area (Å²) in [7, 11) is 0. The second-order valence-corrected chi connectivity index (χ2v) is 18.2. The van der Waals surface area contributed by atoms with Crippen LogP contribution in [0.4, 0.5) is 14.9 Å². The summed E-state index contributed by atoms with van der Waals surface area (Å²) in [6, 6.07) is 14.0. The van der Waals surface area contributed by atoms with Crippen molar-refractivity contribution in [3.8, 4) is 11.3 Å². The maximum Gasteiger partial charge on any atom is 0.324 e. The number of imide groups is 1. The Hall–Kier alpha value is -6.55. The van der Waals surface area contributed by atoms with E-state index in [1.165, 1.54) is 12.4 Å². The van der Waals surface area contributed by atoms with Gasteiger partial charge in [-0.1, -0.05) is 50.2 Å². The largest absolute Gasteiger partial charge is 0.369 e. The average molecular weight is 839 g/mol. The van der Waals surface area contributed by atoms with Gasteiger partial charge in [0.25, 0.3) is 11.7 Å². The molecule has 0 bridgehead atoms. The molecular formula is C46H47FN10O5. The van der Waals surface area contributed by atoms with Gasteiger partial charge in [0.05, 0.1) is 22.5 Å². The van der Waals surface area contributed by atoms with E-state index in [4.69, 9.17) is 4.52 Å². The van der Waals surface area contributed by atoms with Crippen molar-refractivity contribution in [2.24, 2.45) is 0 Å². The summed E-state index contributed by atoms with van der Waals surface area (Å²) >= 11 is 0. The molecule has 15 nitrogen and oxygen atoms in total. The first-order valence-electron chi connectivity index (χ1n) is 21.2. The summed E-state index contributed by atoms with van der Waals surface area (Å²) in [6.07, 6.45) is 3.21. The Bertz CT molecular complexity index is 2850. The molecule has 62 heavy (non-hydrogen) atoms. The number of benzene rings is 3. The van der Waals surface area contributed by atoms with Gasteiger partial charge in [-0.05, 0) is 78.8 Å². The molecular weight excluding hydrogens is 792 g/mol. The normalized spacial score (nSPS) is 19.4. The highest BCUT2D eigenvalue weighted by molar-refractivity contribution is 6.12. The number of aromatic amines is 1. The van der Waals surface area contributed by atoms with Crippen LogP contribution in [0.5, 0.6) is 0 Å². The standard InChI is InChI=1S/C46H47FN10O5/c1-24-18-31(33(47)21-29(24)25(2)50-42(60)41-53-43(62-54-41)45(3,4)5)37-36-28-8-7-27(20-34(28)51-40(36)49-23-48-37)56-16-14-55(15-17-56)22-26-6-9-32-30(19-26)38(39(59)46(32)11-12-46)57-13-10-35(58)52-44(57)61/h6-9,18-21,23,25,38H,10-17,22H2,1-5H3,(H,50,60)(H,48,49,51)(H,52,58,61)/t25-,38?/m1/s1. The number of piperazine rings is 1. The Morgan fingerprint density at radius 3 is 2.53 bits per heavy atom. The van der Waals surface area contributed by atoms with Crippen LogP contribution < -0.4 is 15.5 Å². The number of nitrogens with zero attached hydrogens (tertiary/aromatic N) is 7. The molecule has 0 radical (unpaired) electrons. The molecule has 1 saturated carbocycles. The van der Waals surface area contributed by atoms with E-state index in [0.717, 1.165) is 83.3 Å². The molecule has 3 aromatic heterocycles. The second kappa shape index (κ2) is 14.5. The van der Waals surface area contributed by atoms with Crippen molar-refractivity contribution in [3.63, 3.8) is 0 Å². The third-order valence-corrected chi connectivity index (χ3v) is 13.0. The predicted octanol–water partition coefficient (Wildman–Crippen LogP) is 6.32. The van der Waals surface area contributed by atoms with Gasteiger partial charge in [-0.15, -0.1) is 0 Å². The van der Waals surface area contributed by atoms with Gasteiger partial charge in [-0.3, -0.25) is 24.6 Å². The zero-order chi connectivity index (χ0) is 43.2. The van der Waals surface area contributed by atoms with Crippen molar-refractivity contribution >= 4 is 51.3 Å². The van der Waals surface area contributed by atoms with Crippen LogP contribution in [0.25, 0.3) is 33.2 Å². The summed E-state index contributed by atoms with van der Waals surface area (Å²) in [5.41, 5.74) is 6.83. The van der Waals surface area contributed by atoms with E-state index in [1.807, 2.05) is 33.8 Å². The number of amides is 4. The Kier molecular flexibility index (Phi) is 9.28. The quantitative estimate of drug-likeness (QED) is 0.156. The van der Waals surface area contributed by atoms with Crippen LogP contribution >= 0.6 is 0 Å². The van der Waals surface area contributed by atoms with Gasteiger partial charge >= 0.3 is 6.03 Å². The van der Waals surface area contributed by atoms with Crippen molar-refractivity contribution in [2.45, 2.75) is 83.3 Å². The molecule has 1 spiro atoms. The Morgan fingerprint density at radius 1 is 1.02 bits per heavy atom. The second-order valence-electron chi connectivity index (χ2n) is 18.2. The third kappa shape index (κ3) is 6.67. The lowest BCUT2D eigenvalue weighted by Crippen LogP contribution is -2.52. The predicted molar refractivity (Wildman–Crippen MR) is 228 cm³/mol. The zero-order valence-corrected chi connectivity index (χ0v) is 35.3. The van der Waals surface area contributed by atoms with Gasteiger partial charge < -0.3 is 24.6 Å². The number of halogens is 1. The lowest BCUT2D eigenvalue weighted by molar-refractivity contribution is -0.127. The van der Waals surface area contributed by atoms with Gasteiger partial charge in [0.1, 0.15) is 23.8 Å². The molecule has 318 valence electrons. The highest BCUT2D eigenvalue weighted by atomic mass is 19.1. The van der Waals surface area contributed by atoms with Crippen LogP contribution in [-0.2, 0) is 27.0 Å². The molecule has 2 aliphatic carbocycles. The number of hydrogen-bond acceptors (Lipinski definition) is 11. The number of Topliss-reactive ketones (excluding diaryl/α,β-unsaturated/α-hetero) is 1. The molecule has 16 heteroatoms. The highest BCUT2D eigenvalue weighted by Crippen LogP contribution is 2.59. The van der Waals surface area contributed by atoms with Crippen LogP contribution in [-0.4, -0.2) is 91.2 Å². The van der Waals surface area contributed by atoms with Gasteiger partial charge in [0.15, 0.2) is 5.78 Å². The first-order valence-corrected chi connectivity index (χ1v) is 21.2. The van der Waals surface area contributed by atoms with Crippen molar-refractivity contribution < 1.29 is 28.1 Å². The molecule has 4 aliphatic rings. The SMILES string of the molecule is Cc1cc(-c2ncnc3[nH]c4cc(N5CCN(Cc6ccc7c(c6)C(N6CCC(=O)NC6=O)C(=O)C76CC6)CC5)ccc4c23)c(F)cc1[C@@H](C)NC(=O)c1noc(C(C)(C)C)n1. The number of ketones is 1. The third-order valence-electron chi connectivity index (χ3n) is 13.0. The van der Waals surface area contributed by atoms with E-state index < -0.39 is 40.7 Å². The van der Waals surface area contributed by atoms with Crippen molar-refractivity contribution in [1.29, 1.82) is 0 Å². The molecule has 6 aromatic rings. The molecule has 2 aliphatic heterocycles. The number of anilines is 1. The van der Waals surface area contributed by atoms with Gasteiger partial charge in [0.2, 0.25) is 11.8 Å². The fraction of sp³-hybridized carbons (Fsp3) is 0.391. The molecule has 10 rings (SSSR count). The number of urea groups is 1. The van der Waals surface area contributed by atoms with Crippen LogP contribution in [0, 0.1) is 12.7 Å². The first-order chi connectivity index (χ1) is 29.7. The molecule has 3 fully saturated rings. The van der Waals surface area contributed by atoms with E-state index in [-0.39, 0.29) is 30.5 Å². The van der Waals surface area contributed by atoms with E-state index in [2.05, 4.69) is 75.9 Å². The number of carbonyl (C=O) groups excluding carboxylic acids is 4. The maximum absolute atomic E-state index is 16.1. The molecule has 3 N–H and O–H groups in total. The van der Waals surface area contributed by atoms with E-state index in [9.17, 15) is 19.2 Å². The smallest absolute Gasteiger partial charge is 0.324 e. The number of aryl methyl sites for hydroxylation is 1. The van der Waals surface area contributed by atoms with Crippen molar-refractivity contribution in [3.05, 3.63) is 100 Å². The molecule has 4 amide bonds. The number of nitrogens with one attached hydrogen (secondary N) is 3. The average Bonchev–Trinajstić information content (AvgIpc) is 3.60. The monoisotopic (exact) mass is 838 g/mol. The highest BCUT2D eigenvalue weighted by Gasteiger charge is 2.61. The van der Waals surface area contributed by atoms with Crippen LogP contribution in [0.15, 0.2) is 59.4 Å². The summed E-state index contributed by atoms with van der Waals surface area (Å²) in [5.74, 6) is -0.956. The molecule has 5 heterocycles. The summed E-state index contributed by atoms with van der Waals surface area (Å²) < 4.78 is 21.4. The maximum atomic E-state index is 16.1. The number of fused-ring (bicyclic) bond motifs is 5. The minimum Gasteiger partial charge on any atom is -0.369 e. The van der Waals surface area contributed by atoms with Crippen LogP contribution in [0.2, 0.25) is 0 Å². The van der Waals surface area contributed by atoms with Crippen molar-refractivity contribution in [2.75, 3.05) is 37.6 Å². The Balaban J connectivity index is 0.834. The molecule has 2 atom stereocenters. The molecule has 3 aromatic carbocycles. The summed E-state index contributed by atoms with van der Waals surface area (Å²) in [5, 5.41) is 10.7. The topological polar surface area (TPSA) is 183 Å². The fourth-order valence-electron chi connectivity index (χ4n) is 9.53. The number of aromatic nitrogens is 5. The van der Waals surface area contributed by atoms with Crippen molar-refractivity contribution in [1.82, 2.24) is 45.5 Å². The minimum atomic E-state index is -0.662. The van der Waals surface area contributed by atoms with Crippen LogP contribution in [0.3, 0.4) is 0 Å². The first kappa shape index (κ1) is 39.6. The number of carbonyl (C=O) groups is 4. The summed E-state index contributed by atoms with van der Waals surface area (Å²) in [6.45, 7) is 13.6. The van der Waals surface area contributed by atoms with E-state index in [0.29, 0.717) is 34.9 Å². The Labute approximate surface area is 356 Å². The number of rotatable bonds is 8. The van der Waals surface area contributed by atoms with Gasteiger partial charge in [-0.2, -0.15) is 4.98 Å². The lowest BCUT2D eigenvalue weighted by atomic mass is 9.96. The number of hydrogen-bond donors (Lipinski definition) is 3. The van der Waals surface area contributed by atoms with Gasteiger partial charge in [-0.25, -0.2) is 19.2 Å². The fourth-order valence-corrected chi connectivity index (χ4v) is 9.53. The van der Waals surface area contributed by atoms with Crippen LogP contribution in [0.1, 0.15) is 103 Å².